The lowest BCUT2D eigenvalue weighted by Crippen LogP contribution is -2.11. The van der Waals surface area contributed by atoms with Gasteiger partial charge in [0.05, 0.1) is 0 Å². The zero-order chi connectivity index (χ0) is 14.0. The summed E-state index contributed by atoms with van der Waals surface area (Å²) < 4.78 is 0. The van der Waals surface area contributed by atoms with Gasteiger partial charge in [0.2, 0.25) is 0 Å². The first-order valence-electron chi connectivity index (χ1n) is 6.50. The molecule has 0 saturated heterocycles. The highest BCUT2D eigenvalue weighted by Gasteiger charge is 2.11. The van der Waals surface area contributed by atoms with Crippen LogP contribution < -0.4 is 0 Å². The molecule has 0 saturated carbocycles. The van der Waals surface area contributed by atoms with Crippen LogP contribution in [0.2, 0.25) is 5.02 Å². The molecule has 0 amide bonds. The Morgan fingerprint density at radius 1 is 1.16 bits per heavy atom. The summed E-state index contributed by atoms with van der Waals surface area (Å²) in [6, 6.07) is 10.6. The van der Waals surface area contributed by atoms with Crippen molar-refractivity contribution in [3.8, 4) is 10.4 Å². The summed E-state index contributed by atoms with van der Waals surface area (Å²) in [6.07, 6.45) is 0. The van der Waals surface area contributed by atoms with E-state index in [9.17, 15) is 0 Å². The van der Waals surface area contributed by atoms with Gasteiger partial charge in [0.1, 0.15) is 0 Å². The van der Waals surface area contributed by atoms with Crippen molar-refractivity contribution < 1.29 is 0 Å². The van der Waals surface area contributed by atoms with Gasteiger partial charge in [0, 0.05) is 21.3 Å². The SMILES string of the molecule is CC(C)c1ccc(-c2ccc(Cl)cc2CN(C)C)s1. The fourth-order valence-corrected chi connectivity index (χ4v) is 3.35. The monoisotopic (exact) mass is 293 g/mol. The average Bonchev–Trinajstić information content (AvgIpc) is 2.77. The maximum absolute atomic E-state index is 6.13. The number of halogens is 1. The van der Waals surface area contributed by atoms with Gasteiger partial charge in [-0.1, -0.05) is 31.5 Å². The second-order valence-corrected chi connectivity index (χ2v) is 6.95. The van der Waals surface area contributed by atoms with Gasteiger partial charge >= 0.3 is 0 Å². The molecule has 2 rings (SSSR count). The number of benzene rings is 1. The summed E-state index contributed by atoms with van der Waals surface area (Å²) in [7, 11) is 4.16. The van der Waals surface area contributed by atoms with E-state index in [0.29, 0.717) is 5.92 Å². The molecule has 0 aliphatic rings. The Kier molecular flexibility index (Phi) is 4.67. The summed E-state index contributed by atoms with van der Waals surface area (Å²) in [6.45, 7) is 5.38. The molecule has 1 aromatic carbocycles. The summed E-state index contributed by atoms with van der Waals surface area (Å²) in [4.78, 5) is 4.93. The third-order valence-electron chi connectivity index (χ3n) is 3.02. The molecule has 0 bridgehead atoms. The van der Waals surface area contributed by atoms with Gasteiger partial charge in [-0.15, -0.1) is 11.3 Å². The lowest BCUT2D eigenvalue weighted by molar-refractivity contribution is 0.403. The molecule has 0 aliphatic carbocycles. The minimum Gasteiger partial charge on any atom is -0.305 e. The standard InChI is InChI=1S/C16H20ClNS/c1-11(2)15-7-8-16(19-15)14-6-5-13(17)9-12(14)10-18(3)4/h5-9,11H,10H2,1-4H3. The Morgan fingerprint density at radius 3 is 2.47 bits per heavy atom. The molecule has 2 aromatic rings. The molecule has 0 N–H and O–H groups in total. The van der Waals surface area contributed by atoms with E-state index in [0.717, 1.165) is 11.6 Å². The summed E-state index contributed by atoms with van der Waals surface area (Å²) in [5, 5.41) is 0.807. The molecule has 102 valence electrons. The third kappa shape index (κ3) is 3.59. The van der Waals surface area contributed by atoms with Crippen molar-refractivity contribution in [2.75, 3.05) is 14.1 Å². The van der Waals surface area contributed by atoms with Gasteiger partial charge < -0.3 is 4.90 Å². The van der Waals surface area contributed by atoms with Crippen molar-refractivity contribution >= 4 is 22.9 Å². The highest BCUT2D eigenvalue weighted by atomic mass is 35.5. The molecule has 1 nitrogen and oxygen atoms in total. The second-order valence-electron chi connectivity index (χ2n) is 5.40. The molecule has 1 heterocycles. The Hall–Kier alpha value is -0.830. The van der Waals surface area contributed by atoms with Gasteiger partial charge in [0.25, 0.3) is 0 Å². The predicted octanol–water partition coefficient (Wildman–Crippen LogP) is 5.25. The van der Waals surface area contributed by atoms with Gasteiger partial charge in [-0.2, -0.15) is 0 Å². The molecule has 0 radical (unpaired) electrons. The van der Waals surface area contributed by atoms with Gasteiger partial charge in [-0.3, -0.25) is 0 Å². The van der Waals surface area contributed by atoms with Crippen molar-refractivity contribution in [2.45, 2.75) is 26.3 Å². The highest BCUT2D eigenvalue weighted by molar-refractivity contribution is 7.15. The second kappa shape index (κ2) is 6.08. The lowest BCUT2D eigenvalue weighted by Gasteiger charge is -2.14. The predicted molar refractivity (Wildman–Crippen MR) is 86.2 cm³/mol. The zero-order valence-corrected chi connectivity index (χ0v) is 13.5. The van der Waals surface area contributed by atoms with E-state index in [-0.39, 0.29) is 0 Å². The summed E-state index contributed by atoms with van der Waals surface area (Å²) >= 11 is 8.01. The normalized spacial score (nSPS) is 11.5. The van der Waals surface area contributed by atoms with E-state index in [1.807, 2.05) is 17.4 Å². The molecular formula is C16H20ClNS. The van der Waals surface area contributed by atoms with Crippen LogP contribution in [0.5, 0.6) is 0 Å². The summed E-state index contributed by atoms with van der Waals surface area (Å²) in [5.74, 6) is 0.586. The van der Waals surface area contributed by atoms with Gasteiger partial charge in [0.15, 0.2) is 0 Å². The summed E-state index contributed by atoms with van der Waals surface area (Å²) in [5.41, 5.74) is 2.59. The van der Waals surface area contributed by atoms with Crippen molar-refractivity contribution in [1.29, 1.82) is 0 Å². The van der Waals surface area contributed by atoms with Crippen LogP contribution in [-0.2, 0) is 6.54 Å². The molecule has 0 fully saturated rings. The topological polar surface area (TPSA) is 3.24 Å². The fourth-order valence-electron chi connectivity index (χ4n) is 2.08. The molecule has 3 heteroatoms. The van der Waals surface area contributed by atoms with E-state index < -0.39 is 0 Å². The van der Waals surface area contributed by atoms with Crippen molar-refractivity contribution in [3.05, 3.63) is 45.8 Å². The molecule has 0 spiro atoms. The maximum Gasteiger partial charge on any atom is 0.0409 e. The quantitative estimate of drug-likeness (QED) is 0.744. The molecule has 0 atom stereocenters. The van der Waals surface area contributed by atoms with Crippen LogP contribution in [0, 0.1) is 0 Å². The average molecular weight is 294 g/mol. The smallest absolute Gasteiger partial charge is 0.0409 e. The van der Waals surface area contributed by atoms with E-state index >= 15 is 0 Å². The number of hydrogen-bond donors (Lipinski definition) is 0. The van der Waals surface area contributed by atoms with Gasteiger partial charge in [-0.05, 0) is 55.4 Å². The van der Waals surface area contributed by atoms with E-state index in [4.69, 9.17) is 11.6 Å². The minimum atomic E-state index is 0.586. The Bertz CT molecular complexity index is 558. The molecule has 19 heavy (non-hydrogen) atoms. The van der Waals surface area contributed by atoms with Crippen molar-refractivity contribution in [1.82, 2.24) is 4.90 Å². The fraction of sp³-hybridized carbons (Fsp3) is 0.375. The van der Waals surface area contributed by atoms with E-state index in [2.05, 4.69) is 57.1 Å². The maximum atomic E-state index is 6.13. The molecular weight excluding hydrogens is 274 g/mol. The van der Waals surface area contributed by atoms with Crippen LogP contribution >= 0.6 is 22.9 Å². The van der Waals surface area contributed by atoms with Crippen LogP contribution in [0.1, 0.15) is 30.2 Å². The first kappa shape index (κ1) is 14.6. The lowest BCUT2D eigenvalue weighted by atomic mass is 10.1. The minimum absolute atomic E-state index is 0.586. The Morgan fingerprint density at radius 2 is 1.89 bits per heavy atom. The highest BCUT2D eigenvalue weighted by Crippen LogP contribution is 2.35. The van der Waals surface area contributed by atoms with E-state index in [1.165, 1.54) is 20.9 Å². The largest absolute Gasteiger partial charge is 0.305 e. The van der Waals surface area contributed by atoms with Crippen LogP contribution in [0.4, 0.5) is 0 Å². The Labute approximate surface area is 124 Å². The number of hydrogen-bond acceptors (Lipinski definition) is 2. The van der Waals surface area contributed by atoms with Gasteiger partial charge in [-0.25, -0.2) is 0 Å². The molecule has 1 aromatic heterocycles. The third-order valence-corrected chi connectivity index (χ3v) is 4.67. The first-order chi connectivity index (χ1) is 8.97. The Balaban J connectivity index is 2.42. The van der Waals surface area contributed by atoms with E-state index in [1.54, 1.807) is 0 Å². The van der Waals surface area contributed by atoms with Crippen LogP contribution in [-0.4, -0.2) is 19.0 Å². The van der Waals surface area contributed by atoms with Crippen LogP contribution in [0.15, 0.2) is 30.3 Å². The number of nitrogens with zero attached hydrogens (tertiary/aromatic N) is 1. The molecule has 0 unspecified atom stereocenters. The van der Waals surface area contributed by atoms with Crippen LogP contribution in [0.25, 0.3) is 10.4 Å². The van der Waals surface area contributed by atoms with Crippen LogP contribution in [0.3, 0.4) is 0 Å². The number of rotatable bonds is 4. The van der Waals surface area contributed by atoms with Crippen molar-refractivity contribution in [3.63, 3.8) is 0 Å². The first-order valence-corrected chi connectivity index (χ1v) is 7.70. The zero-order valence-electron chi connectivity index (χ0n) is 11.9. The number of thiophene rings is 1. The van der Waals surface area contributed by atoms with Crippen molar-refractivity contribution in [2.24, 2.45) is 0 Å². The molecule has 0 aliphatic heterocycles.